The quantitative estimate of drug-likeness (QED) is 0.407. The van der Waals surface area contributed by atoms with Gasteiger partial charge in [0.05, 0.1) is 19.5 Å². The van der Waals surface area contributed by atoms with E-state index in [-0.39, 0.29) is 30.0 Å². The van der Waals surface area contributed by atoms with Gasteiger partial charge in [-0.1, -0.05) is 0 Å². The SMILES string of the molecule is O=c1[nH]c(CCO)nc2c1ncn2[C@@H]1O[C@H](CO)[C@@H](O)[C@H]1O. The minimum atomic E-state index is -1.29. The third kappa shape index (κ3) is 2.30. The lowest BCUT2D eigenvalue weighted by Crippen LogP contribution is -2.33. The zero-order chi connectivity index (χ0) is 15.9. The Morgan fingerprint density at radius 1 is 1.32 bits per heavy atom. The summed E-state index contributed by atoms with van der Waals surface area (Å²) < 4.78 is 6.73. The van der Waals surface area contributed by atoms with Crippen LogP contribution in [0.2, 0.25) is 0 Å². The minimum Gasteiger partial charge on any atom is -0.396 e. The van der Waals surface area contributed by atoms with Crippen molar-refractivity contribution in [3.05, 3.63) is 22.5 Å². The van der Waals surface area contributed by atoms with Crippen molar-refractivity contribution in [2.45, 2.75) is 31.0 Å². The maximum absolute atomic E-state index is 11.9. The summed E-state index contributed by atoms with van der Waals surface area (Å²) in [7, 11) is 0. The number of hydrogen-bond acceptors (Lipinski definition) is 8. The summed E-state index contributed by atoms with van der Waals surface area (Å²) in [5, 5.41) is 37.9. The monoisotopic (exact) mass is 312 g/mol. The molecule has 3 rings (SSSR count). The fraction of sp³-hybridized carbons (Fsp3) is 0.583. The number of aromatic amines is 1. The summed E-state index contributed by atoms with van der Waals surface area (Å²) in [5.41, 5.74) is -0.250. The Labute approximate surface area is 123 Å². The molecule has 0 bridgehead atoms. The van der Waals surface area contributed by atoms with Gasteiger partial charge in [-0.15, -0.1) is 0 Å². The Kier molecular flexibility index (Phi) is 3.93. The molecule has 0 spiro atoms. The van der Waals surface area contributed by atoms with Crippen LogP contribution in [0.25, 0.3) is 11.2 Å². The van der Waals surface area contributed by atoms with Gasteiger partial charge in [0.1, 0.15) is 24.1 Å². The Hall–Kier alpha value is -1.85. The molecule has 1 saturated heterocycles. The van der Waals surface area contributed by atoms with Crippen molar-refractivity contribution >= 4 is 11.2 Å². The van der Waals surface area contributed by atoms with Crippen molar-refractivity contribution in [1.82, 2.24) is 19.5 Å². The molecule has 120 valence electrons. The van der Waals surface area contributed by atoms with Crippen molar-refractivity contribution < 1.29 is 25.2 Å². The highest BCUT2D eigenvalue weighted by Gasteiger charge is 2.44. The second kappa shape index (κ2) is 5.74. The Balaban J connectivity index is 2.06. The van der Waals surface area contributed by atoms with E-state index < -0.39 is 36.7 Å². The lowest BCUT2D eigenvalue weighted by Gasteiger charge is -2.16. The second-order valence-electron chi connectivity index (χ2n) is 5.04. The van der Waals surface area contributed by atoms with Crippen molar-refractivity contribution in [1.29, 1.82) is 0 Å². The van der Waals surface area contributed by atoms with Gasteiger partial charge >= 0.3 is 0 Å². The van der Waals surface area contributed by atoms with Crippen LogP contribution in [0.3, 0.4) is 0 Å². The fourth-order valence-electron chi connectivity index (χ4n) is 2.49. The third-order valence-corrected chi connectivity index (χ3v) is 3.62. The molecular formula is C12H16N4O6. The molecule has 0 aliphatic carbocycles. The van der Waals surface area contributed by atoms with Crippen molar-refractivity contribution in [2.75, 3.05) is 13.2 Å². The van der Waals surface area contributed by atoms with Crippen molar-refractivity contribution in [3.63, 3.8) is 0 Å². The van der Waals surface area contributed by atoms with Crippen LogP contribution < -0.4 is 5.56 Å². The predicted molar refractivity (Wildman–Crippen MR) is 71.9 cm³/mol. The summed E-state index contributed by atoms with van der Waals surface area (Å²) in [4.78, 5) is 22.5. The van der Waals surface area contributed by atoms with E-state index >= 15 is 0 Å². The molecule has 0 aromatic carbocycles. The number of aliphatic hydroxyl groups excluding tert-OH is 4. The second-order valence-corrected chi connectivity index (χ2v) is 5.04. The number of H-pyrrole nitrogens is 1. The molecule has 1 fully saturated rings. The Morgan fingerprint density at radius 3 is 2.73 bits per heavy atom. The van der Waals surface area contributed by atoms with E-state index in [0.717, 1.165) is 0 Å². The molecule has 10 nitrogen and oxygen atoms in total. The van der Waals surface area contributed by atoms with Crippen LogP contribution in [-0.2, 0) is 11.2 Å². The average molecular weight is 312 g/mol. The van der Waals surface area contributed by atoms with Gasteiger partial charge in [0.15, 0.2) is 17.4 Å². The van der Waals surface area contributed by atoms with Crippen molar-refractivity contribution in [3.8, 4) is 0 Å². The van der Waals surface area contributed by atoms with Crippen LogP contribution >= 0.6 is 0 Å². The summed E-state index contributed by atoms with van der Waals surface area (Å²) >= 11 is 0. The van der Waals surface area contributed by atoms with Gasteiger partial charge in [0.2, 0.25) is 0 Å². The van der Waals surface area contributed by atoms with E-state index in [9.17, 15) is 15.0 Å². The van der Waals surface area contributed by atoms with E-state index in [2.05, 4.69) is 15.0 Å². The van der Waals surface area contributed by atoms with E-state index in [1.54, 1.807) is 0 Å². The Morgan fingerprint density at radius 2 is 2.09 bits per heavy atom. The maximum atomic E-state index is 11.9. The molecule has 0 amide bonds. The maximum Gasteiger partial charge on any atom is 0.279 e. The highest BCUT2D eigenvalue weighted by atomic mass is 16.6. The number of aliphatic hydroxyl groups is 4. The molecule has 0 radical (unpaired) electrons. The first-order valence-corrected chi connectivity index (χ1v) is 6.76. The molecule has 0 saturated carbocycles. The lowest BCUT2D eigenvalue weighted by molar-refractivity contribution is -0.0511. The molecule has 5 N–H and O–H groups in total. The average Bonchev–Trinajstić information content (AvgIpc) is 3.03. The molecule has 22 heavy (non-hydrogen) atoms. The van der Waals surface area contributed by atoms with Crippen LogP contribution in [0.1, 0.15) is 12.1 Å². The van der Waals surface area contributed by atoms with Gasteiger partial charge in [-0.25, -0.2) is 9.97 Å². The van der Waals surface area contributed by atoms with Crippen LogP contribution in [0.5, 0.6) is 0 Å². The van der Waals surface area contributed by atoms with Crippen LogP contribution in [0.4, 0.5) is 0 Å². The first kappa shape index (κ1) is 15.1. The number of imidazole rings is 1. The minimum absolute atomic E-state index is 0.0550. The third-order valence-electron chi connectivity index (χ3n) is 3.62. The van der Waals surface area contributed by atoms with Gasteiger partial charge in [-0.2, -0.15) is 0 Å². The van der Waals surface area contributed by atoms with Crippen LogP contribution in [0.15, 0.2) is 11.1 Å². The topological polar surface area (TPSA) is 154 Å². The smallest absolute Gasteiger partial charge is 0.279 e. The largest absolute Gasteiger partial charge is 0.396 e. The molecule has 2 aromatic rings. The van der Waals surface area contributed by atoms with Crippen molar-refractivity contribution in [2.24, 2.45) is 0 Å². The molecule has 2 aromatic heterocycles. The van der Waals surface area contributed by atoms with E-state index in [1.807, 2.05) is 0 Å². The van der Waals surface area contributed by atoms with Gasteiger partial charge in [0, 0.05) is 6.42 Å². The first-order valence-electron chi connectivity index (χ1n) is 6.76. The molecule has 3 heterocycles. The molecule has 10 heteroatoms. The highest BCUT2D eigenvalue weighted by molar-refractivity contribution is 5.69. The van der Waals surface area contributed by atoms with Gasteiger partial charge in [-0.05, 0) is 0 Å². The Bertz CT molecular complexity index is 728. The van der Waals surface area contributed by atoms with Gasteiger partial charge in [-0.3, -0.25) is 9.36 Å². The number of fused-ring (bicyclic) bond motifs is 1. The van der Waals surface area contributed by atoms with Crippen LogP contribution in [-0.4, -0.2) is 71.5 Å². The van der Waals surface area contributed by atoms with Gasteiger partial charge in [0.25, 0.3) is 5.56 Å². The predicted octanol–water partition coefficient (Wildman–Crippen LogP) is -2.73. The number of hydrogen-bond donors (Lipinski definition) is 5. The zero-order valence-corrected chi connectivity index (χ0v) is 11.5. The lowest BCUT2D eigenvalue weighted by atomic mass is 10.1. The number of ether oxygens (including phenoxy) is 1. The summed E-state index contributed by atoms with van der Waals surface area (Å²) in [6, 6.07) is 0. The number of rotatable bonds is 4. The highest BCUT2D eigenvalue weighted by Crippen LogP contribution is 2.30. The van der Waals surface area contributed by atoms with Crippen LogP contribution in [0, 0.1) is 0 Å². The first-order chi connectivity index (χ1) is 10.6. The van der Waals surface area contributed by atoms with E-state index in [0.29, 0.717) is 0 Å². The summed E-state index contributed by atoms with van der Waals surface area (Å²) in [6.45, 7) is -0.637. The fourth-order valence-corrected chi connectivity index (χ4v) is 2.49. The van der Waals surface area contributed by atoms with E-state index in [4.69, 9.17) is 14.9 Å². The van der Waals surface area contributed by atoms with E-state index in [1.165, 1.54) is 10.9 Å². The number of nitrogens with zero attached hydrogens (tertiary/aromatic N) is 3. The molecule has 4 atom stereocenters. The number of aromatic nitrogens is 4. The standard InChI is InChI=1S/C12H16N4O6/c17-2-1-6-14-10-7(11(21)15-6)13-4-16(10)12-9(20)8(19)5(3-18)22-12/h4-5,8-9,12,17-20H,1-3H2,(H,14,15,21)/t5-,8-,9-,12-/m1/s1. The normalized spacial score (nSPS) is 28.5. The molecular weight excluding hydrogens is 296 g/mol. The molecule has 1 aliphatic rings. The summed E-state index contributed by atoms with van der Waals surface area (Å²) in [6.07, 6.45) is -3.07. The number of nitrogens with one attached hydrogen (secondary N) is 1. The molecule has 0 unspecified atom stereocenters. The molecule has 1 aliphatic heterocycles. The van der Waals surface area contributed by atoms with Gasteiger partial charge < -0.3 is 30.1 Å². The zero-order valence-electron chi connectivity index (χ0n) is 11.5. The summed E-state index contributed by atoms with van der Waals surface area (Å²) in [5.74, 6) is 0.272.